The van der Waals surface area contributed by atoms with Crippen molar-refractivity contribution >= 4 is 22.7 Å². The van der Waals surface area contributed by atoms with Crippen molar-refractivity contribution in [3.05, 3.63) is 29.1 Å². The van der Waals surface area contributed by atoms with Crippen LogP contribution in [0.25, 0.3) is 0 Å². The summed E-state index contributed by atoms with van der Waals surface area (Å²) in [7, 11) is 0. The molecule has 1 aromatic carbocycles. The molecule has 0 aliphatic heterocycles. The zero-order chi connectivity index (χ0) is 9.46. The summed E-state index contributed by atoms with van der Waals surface area (Å²) >= 11 is 0.348. The van der Waals surface area contributed by atoms with Crippen molar-refractivity contribution in [2.24, 2.45) is 0 Å². The van der Waals surface area contributed by atoms with Gasteiger partial charge in [-0.2, -0.15) is 0 Å². The molecule has 0 aliphatic rings. The molecule has 0 saturated heterocycles. The molecule has 0 aromatic heterocycles. The van der Waals surface area contributed by atoms with Crippen molar-refractivity contribution in [2.75, 3.05) is 0 Å². The molecule has 1 aromatic rings. The molecule has 0 nitrogen and oxygen atoms in total. The molecular weight excluding hydrogens is 237 g/mol. The van der Waals surface area contributed by atoms with E-state index in [0.29, 0.717) is 18.6 Å². The number of hydrogen-bond donors (Lipinski definition) is 0. The van der Waals surface area contributed by atoms with Crippen molar-refractivity contribution in [2.45, 2.75) is 0 Å². The van der Waals surface area contributed by atoms with E-state index in [2.05, 4.69) is 0 Å². The van der Waals surface area contributed by atoms with Crippen molar-refractivity contribution in [1.29, 1.82) is 0 Å². The third kappa shape index (κ3) is 1.24. The van der Waals surface area contributed by atoms with E-state index in [0.717, 1.165) is 0 Å². The van der Waals surface area contributed by atoms with Crippen LogP contribution in [-0.2, 0) is 0 Å². The molecule has 0 fully saturated rings. The quantitative estimate of drug-likeness (QED) is 0.275. The third-order valence-electron chi connectivity index (χ3n) is 1.24. The number of rotatable bonds is 0. The van der Waals surface area contributed by atoms with Crippen LogP contribution in [0.3, 0.4) is 0 Å². The Hall–Kier alpha value is -0.494. The maximum absolute atomic E-state index is 12.4. The number of benzene rings is 1. The minimum atomic E-state index is -2.12. The van der Waals surface area contributed by atoms with Gasteiger partial charge < -0.3 is 0 Å². The molecule has 0 saturated carbocycles. The Morgan fingerprint density at radius 3 is 1.17 bits per heavy atom. The summed E-state index contributed by atoms with van der Waals surface area (Å²) < 4.78 is 60.8. The second kappa shape index (κ2) is 3.10. The fourth-order valence-corrected chi connectivity index (χ4v) is 1.15. The minimum absolute atomic E-state index is 0.348. The van der Waals surface area contributed by atoms with Gasteiger partial charge in [-0.25, -0.2) is 0 Å². The molecule has 0 aliphatic carbocycles. The van der Waals surface area contributed by atoms with Gasteiger partial charge in [-0.15, -0.1) is 0 Å². The van der Waals surface area contributed by atoms with E-state index in [1.165, 1.54) is 0 Å². The first-order valence-corrected chi connectivity index (χ1v) is 3.94. The predicted octanol–water partition coefficient (Wildman–Crippen LogP) is 1.18. The molecule has 2 radical (unpaired) electrons. The van der Waals surface area contributed by atoms with Gasteiger partial charge in [0.15, 0.2) is 0 Å². The van der Waals surface area contributed by atoms with E-state index >= 15 is 0 Å². The van der Waals surface area contributed by atoms with Gasteiger partial charge in [-0.3, -0.25) is 0 Å². The van der Waals surface area contributed by atoms with Crippen molar-refractivity contribution in [3.8, 4) is 0 Å². The van der Waals surface area contributed by atoms with Crippen LogP contribution in [0.1, 0.15) is 0 Å². The van der Waals surface area contributed by atoms with Crippen LogP contribution >= 0.6 is 0 Å². The third-order valence-corrected chi connectivity index (χ3v) is 2.31. The van der Waals surface area contributed by atoms with E-state index in [1.54, 1.807) is 0 Å². The average Bonchev–Trinajstić information content (AvgIpc) is 2.08. The Balaban J connectivity index is 3.60. The van der Waals surface area contributed by atoms with Crippen molar-refractivity contribution in [3.63, 3.8) is 0 Å². The molecule has 6 heteroatoms. The van der Waals surface area contributed by atoms with E-state index < -0.39 is 33.2 Å². The van der Waals surface area contributed by atoms with Crippen LogP contribution in [0.15, 0.2) is 0 Å². The fourth-order valence-electron chi connectivity index (χ4n) is 0.622. The Bertz CT molecular complexity index is 230. The molecule has 0 atom stereocenters. The zero-order valence-electron chi connectivity index (χ0n) is 5.47. The van der Waals surface area contributed by atoms with Crippen LogP contribution in [0.2, 0.25) is 0 Å². The molecule has 0 amide bonds. The van der Waals surface area contributed by atoms with Crippen molar-refractivity contribution in [1.82, 2.24) is 0 Å². The van der Waals surface area contributed by atoms with Crippen molar-refractivity contribution < 1.29 is 22.0 Å². The molecule has 0 spiro atoms. The average molecular weight is 237 g/mol. The van der Waals surface area contributed by atoms with Gasteiger partial charge in [0, 0.05) is 0 Å². The summed E-state index contributed by atoms with van der Waals surface area (Å²) in [4.78, 5) is 0. The number of halogens is 5. The molecule has 62 valence electrons. The first-order valence-electron chi connectivity index (χ1n) is 2.73. The van der Waals surface area contributed by atoms with Crippen LogP contribution in [0, 0.1) is 29.1 Å². The maximum atomic E-state index is 12.4. The van der Waals surface area contributed by atoms with Gasteiger partial charge in [0.1, 0.15) is 0 Å². The van der Waals surface area contributed by atoms with Gasteiger partial charge >= 0.3 is 73.8 Å². The molecule has 0 unspecified atom stereocenters. The molecule has 0 N–H and O–H groups in total. The Morgan fingerprint density at radius 1 is 0.583 bits per heavy atom. The molecule has 12 heavy (non-hydrogen) atoms. The second-order valence-electron chi connectivity index (χ2n) is 1.98. The standard InChI is InChI=1S/C6F5.Ga/c7-2-1-3(8)5(10)6(11)4(2)9;. The Kier molecular flexibility index (Phi) is 2.48. The molecule has 1 rings (SSSR count). The molecule has 0 bridgehead atoms. The van der Waals surface area contributed by atoms with E-state index in [9.17, 15) is 22.0 Å². The van der Waals surface area contributed by atoms with E-state index in [-0.39, 0.29) is 0 Å². The van der Waals surface area contributed by atoms with E-state index in [1.807, 2.05) is 0 Å². The fraction of sp³-hybridized carbons (Fsp3) is 0. The molecule has 0 heterocycles. The molecular formula is C6F5Ga. The summed E-state index contributed by atoms with van der Waals surface area (Å²) in [5.41, 5.74) is 0. The van der Waals surface area contributed by atoms with Crippen LogP contribution in [0.5, 0.6) is 0 Å². The summed E-state index contributed by atoms with van der Waals surface area (Å²) in [5.74, 6) is -9.43. The Morgan fingerprint density at radius 2 is 0.833 bits per heavy atom. The van der Waals surface area contributed by atoms with Crippen LogP contribution in [-0.4, -0.2) is 18.6 Å². The monoisotopic (exact) mass is 236 g/mol. The van der Waals surface area contributed by atoms with E-state index in [4.69, 9.17) is 0 Å². The predicted molar refractivity (Wildman–Crippen MR) is 31.6 cm³/mol. The SMILES string of the molecule is Fc1c(F)c(F)[c]([Ga])c(F)c1F. The van der Waals surface area contributed by atoms with Gasteiger partial charge in [-0.05, 0) is 0 Å². The number of hydrogen-bond acceptors (Lipinski definition) is 0. The van der Waals surface area contributed by atoms with Gasteiger partial charge in [-0.1, -0.05) is 0 Å². The first-order chi connectivity index (χ1) is 5.46. The summed E-state index contributed by atoms with van der Waals surface area (Å²) in [5, 5.41) is 0. The van der Waals surface area contributed by atoms with Gasteiger partial charge in [0.2, 0.25) is 0 Å². The van der Waals surface area contributed by atoms with Crippen LogP contribution < -0.4 is 4.12 Å². The first kappa shape index (κ1) is 9.59. The second-order valence-corrected chi connectivity index (χ2v) is 3.19. The summed E-state index contributed by atoms with van der Waals surface area (Å²) in [6.45, 7) is 0. The summed E-state index contributed by atoms with van der Waals surface area (Å²) in [6, 6.07) is 0. The van der Waals surface area contributed by atoms with Crippen LogP contribution in [0.4, 0.5) is 22.0 Å². The summed E-state index contributed by atoms with van der Waals surface area (Å²) in [6.07, 6.45) is 0. The Labute approximate surface area is 74.3 Å². The van der Waals surface area contributed by atoms with Gasteiger partial charge in [0.25, 0.3) is 0 Å². The van der Waals surface area contributed by atoms with Gasteiger partial charge in [0.05, 0.1) is 0 Å². The topological polar surface area (TPSA) is 0 Å². The zero-order valence-corrected chi connectivity index (χ0v) is 7.89. The normalized spacial score (nSPS) is 10.4.